The van der Waals surface area contributed by atoms with Gasteiger partial charge < -0.3 is 9.80 Å². The minimum atomic E-state index is 0.323. The van der Waals surface area contributed by atoms with Gasteiger partial charge in [0.2, 0.25) is 11.8 Å². The summed E-state index contributed by atoms with van der Waals surface area (Å²) in [5.74, 6) is 1.70. The van der Waals surface area contributed by atoms with E-state index in [0.717, 1.165) is 51.9 Å². The van der Waals surface area contributed by atoms with E-state index in [2.05, 4.69) is 50.0 Å². The molecule has 4 nitrogen and oxygen atoms in total. The predicted molar refractivity (Wildman–Crippen MR) is 381 cm³/mol. The number of carbonyl (C=O) groups is 2. The van der Waals surface area contributed by atoms with Crippen LogP contribution < -0.4 is 0 Å². The maximum Gasteiger partial charge on any atom is 0.232 e. The summed E-state index contributed by atoms with van der Waals surface area (Å²) in [4.78, 5) is 32.6. The third-order valence-electron chi connectivity index (χ3n) is 16.1. The van der Waals surface area contributed by atoms with Gasteiger partial charge in [-0.15, -0.1) is 47.0 Å². The molecule has 0 radical (unpaired) electrons. The van der Waals surface area contributed by atoms with Gasteiger partial charge in [0, 0.05) is 26.2 Å². The standard InChI is InChI=1S/C68H126N2O2S8/c1-7-11-15-19-23-27-29-31-33-35-37-39-41-45-49-53-57-69(55-51-47-43-25-21-17-13-9-3)61(71)59-75-65-63(73-5)77-67(79-65)68-78-64(74-6)66(80-68)76-60-62(72)70(56-52-48-44-26-22-18-14-10-4)58-54-50-46-42-40-38-36-34-32-30-28-24-20-16-12-8-2/h7-60H2,1-6H3/b68-67-. The Kier molecular flexibility index (Phi) is 55.6. The van der Waals surface area contributed by atoms with Gasteiger partial charge in [-0.1, -0.05) is 357 Å². The average molecular weight is 1260 g/mol. The van der Waals surface area contributed by atoms with Gasteiger partial charge in [-0.3, -0.25) is 9.59 Å². The molecule has 12 heteroatoms. The fourth-order valence-electron chi connectivity index (χ4n) is 10.9. The first-order valence-corrected chi connectivity index (χ1v) is 41.9. The molecule has 0 bridgehead atoms. The first-order valence-electron chi connectivity index (χ1n) is 34.2. The van der Waals surface area contributed by atoms with Gasteiger partial charge >= 0.3 is 0 Å². The zero-order valence-corrected chi connectivity index (χ0v) is 59.7. The van der Waals surface area contributed by atoms with Gasteiger partial charge in [0.25, 0.3) is 0 Å². The maximum atomic E-state index is 14.1. The molecule has 0 aliphatic carbocycles. The van der Waals surface area contributed by atoms with Crippen molar-refractivity contribution < 1.29 is 9.59 Å². The Labute approximate surface area is 532 Å². The normalized spacial score (nSPS) is 14.7. The van der Waals surface area contributed by atoms with E-state index in [1.165, 1.54) is 308 Å². The number of hydrogen-bond acceptors (Lipinski definition) is 10. The molecule has 2 aliphatic heterocycles. The smallest absolute Gasteiger partial charge is 0.232 e. The van der Waals surface area contributed by atoms with E-state index in [1.54, 1.807) is 23.5 Å². The number of unbranched alkanes of at least 4 members (excludes halogenated alkanes) is 44. The fourth-order valence-corrected chi connectivity index (χ4v) is 21.8. The van der Waals surface area contributed by atoms with Gasteiger partial charge in [-0.25, -0.2) is 0 Å². The molecule has 0 fully saturated rings. The molecule has 0 saturated heterocycles. The maximum absolute atomic E-state index is 14.1. The van der Waals surface area contributed by atoms with Gasteiger partial charge in [0.15, 0.2) is 0 Å². The van der Waals surface area contributed by atoms with Crippen LogP contribution in [-0.4, -0.2) is 71.8 Å². The van der Waals surface area contributed by atoms with Crippen LogP contribution in [-0.2, 0) is 9.59 Å². The van der Waals surface area contributed by atoms with E-state index in [4.69, 9.17) is 0 Å². The number of rotatable bonds is 60. The SMILES string of the molecule is CCCCCCCCCCCCCCCCCCN(CCCCCCCCCC)C(=O)CSC1=C(SC)S/C(=C2\SC(SC)=C(SCC(=O)N(CCCCCCCCCC)CCCCCCCCCCCCCCCCCC)S2)S1. The highest BCUT2D eigenvalue weighted by Gasteiger charge is 2.31. The lowest BCUT2D eigenvalue weighted by atomic mass is 10.0. The van der Waals surface area contributed by atoms with Crippen molar-refractivity contribution in [3.05, 3.63) is 25.4 Å². The van der Waals surface area contributed by atoms with E-state index >= 15 is 0 Å². The topological polar surface area (TPSA) is 40.6 Å². The van der Waals surface area contributed by atoms with E-state index in [9.17, 15) is 9.59 Å². The van der Waals surface area contributed by atoms with Crippen LogP contribution in [0.3, 0.4) is 0 Å². The molecule has 0 aromatic carbocycles. The molecule has 2 rings (SSSR count). The molecular formula is C68H126N2O2S8. The lowest BCUT2D eigenvalue weighted by molar-refractivity contribution is -0.129. The van der Waals surface area contributed by atoms with E-state index in [1.807, 2.05) is 70.6 Å². The Hall–Kier alpha value is 0.960. The molecule has 2 heterocycles. The van der Waals surface area contributed by atoms with Crippen LogP contribution in [0.5, 0.6) is 0 Å². The minimum Gasteiger partial charge on any atom is -0.342 e. The van der Waals surface area contributed by atoms with Crippen LogP contribution >= 0.6 is 94.1 Å². The molecule has 2 aliphatic rings. The highest BCUT2D eigenvalue weighted by Crippen LogP contribution is 2.65. The van der Waals surface area contributed by atoms with Crippen LogP contribution in [0.4, 0.5) is 0 Å². The third-order valence-corrected chi connectivity index (χ3v) is 27.3. The quantitative estimate of drug-likeness (QED) is 0.0550. The zero-order valence-electron chi connectivity index (χ0n) is 53.2. The molecule has 0 saturated carbocycles. The molecule has 80 heavy (non-hydrogen) atoms. The number of carbonyl (C=O) groups excluding carboxylic acids is 2. The Morgan fingerprint density at radius 2 is 0.450 bits per heavy atom. The van der Waals surface area contributed by atoms with Crippen molar-refractivity contribution >= 4 is 106 Å². The molecule has 2 amide bonds. The van der Waals surface area contributed by atoms with Crippen molar-refractivity contribution in [2.75, 3.05) is 50.2 Å². The van der Waals surface area contributed by atoms with Gasteiger partial charge in [-0.05, 0) is 38.2 Å². The van der Waals surface area contributed by atoms with E-state index in [0.29, 0.717) is 23.3 Å². The Morgan fingerprint density at radius 3 is 0.637 bits per heavy atom. The summed E-state index contributed by atoms with van der Waals surface area (Å²) in [5, 5.41) is 0. The minimum absolute atomic E-state index is 0.323. The van der Waals surface area contributed by atoms with Crippen LogP contribution in [0, 0.1) is 0 Å². The van der Waals surface area contributed by atoms with Gasteiger partial charge in [0.05, 0.1) is 36.9 Å². The lowest BCUT2D eigenvalue weighted by Gasteiger charge is -2.23. The molecule has 0 N–H and O–H groups in total. The molecule has 0 aromatic rings. The summed E-state index contributed by atoms with van der Waals surface area (Å²) in [6, 6.07) is 0. The van der Waals surface area contributed by atoms with Crippen molar-refractivity contribution in [2.45, 2.75) is 336 Å². The highest BCUT2D eigenvalue weighted by molar-refractivity contribution is 8.45. The molecular weight excluding hydrogens is 1130 g/mol. The summed E-state index contributed by atoms with van der Waals surface area (Å²) >= 11 is 14.8. The molecule has 0 atom stereocenters. The van der Waals surface area contributed by atoms with Crippen molar-refractivity contribution in [3.8, 4) is 0 Å². The average Bonchev–Trinajstić information content (AvgIpc) is 4.14. The first kappa shape index (κ1) is 77.1. The summed E-state index contributed by atoms with van der Waals surface area (Å²) in [6.45, 7) is 12.8. The Balaban J connectivity index is 1.86. The second-order valence-corrected chi connectivity index (χ2v) is 32.7. The number of amides is 2. The largest absolute Gasteiger partial charge is 0.342 e. The monoisotopic (exact) mass is 1260 g/mol. The summed E-state index contributed by atoms with van der Waals surface area (Å²) in [6.07, 6.45) is 69.1. The Bertz CT molecular complexity index is 1460. The summed E-state index contributed by atoms with van der Waals surface area (Å²) in [5.41, 5.74) is 0. The number of hydrogen-bond donors (Lipinski definition) is 0. The third kappa shape index (κ3) is 41.9. The Morgan fingerprint density at radius 1 is 0.275 bits per heavy atom. The number of thioether (sulfide) groups is 8. The second kappa shape index (κ2) is 57.7. The predicted octanol–water partition coefficient (Wildman–Crippen LogP) is 26.0. The van der Waals surface area contributed by atoms with Crippen LogP contribution in [0.25, 0.3) is 0 Å². The van der Waals surface area contributed by atoms with Crippen molar-refractivity contribution in [1.29, 1.82) is 0 Å². The van der Waals surface area contributed by atoms with Crippen molar-refractivity contribution in [3.63, 3.8) is 0 Å². The zero-order chi connectivity index (χ0) is 57.6. The number of nitrogens with zero attached hydrogens (tertiary/aromatic N) is 2. The molecule has 0 aromatic heterocycles. The van der Waals surface area contributed by atoms with Crippen LogP contribution in [0.15, 0.2) is 25.4 Å². The van der Waals surface area contributed by atoms with Crippen molar-refractivity contribution in [2.24, 2.45) is 0 Å². The van der Waals surface area contributed by atoms with Gasteiger partial charge in [0.1, 0.15) is 0 Å². The fraction of sp³-hybridized carbons (Fsp3) is 0.882. The van der Waals surface area contributed by atoms with Crippen molar-refractivity contribution in [1.82, 2.24) is 9.80 Å². The van der Waals surface area contributed by atoms with Gasteiger partial charge in [-0.2, -0.15) is 0 Å². The summed E-state index contributed by atoms with van der Waals surface area (Å²) in [7, 11) is 0. The van der Waals surface area contributed by atoms with Crippen LogP contribution in [0.1, 0.15) is 336 Å². The molecule has 0 unspecified atom stereocenters. The lowest BCUT2D eigenvalue weighted by Crippen LogP contribution is -2.34. The first-order chi connectivity index (χ1) is 39.4. The van der Waals surface area contributed by atoms with E-state index in [-0.39, 0.29) is 0 Å². The van der Waals surface area contributed by atoms with Crippen LogP contribution in [0.2, 0.25) is 0 Å². The second-order valence-electron chi connectivity index (χ2n) is 23.4. The summed E-state index contributed by atoms with van der Waals surface area (Å²) < 4.78 is 7.93. The highest BCUT2D eigenvalue weighted by atomic mass is 32.3. The molecule has 0 spiro atoms. The molecule has 468 valence electrons. The van der Waals surface area contributed by atoms with E-state index < -0.39 is 0 Å².